The van der Waals surface area contributed by atoms with Crippen LogP contribution < -0.4 is 5.32 Å². The maximum atomic E-state index is 6.29. The van der Waals surface area contributed by atoms with E-state index in [-0.39, 0.29) is 5.04 Å². The topological polar surface area (TPSA) is 82.2 Å². The molecule has 1 aromatic carbocycles. The van der Waals surface area contributed by atoms with Gasteiger partial charge in [-0.3, -0.25) is 14.1 Å². The van der Waals surface area contributed by atoms with Crippen LogP contribution in [-0.2, 0) is 11.5 Å². The summed E-state index contributed by atoms with van der Waals surface area (Å²) in [6.07, 6.45) is 7.80. The number of aromatic nitrogens is 6. The maximum absolute atomic E-state index is 6.29. The van der Waals surface area contributed by atoms with Crippen molar-refractivity contribution in [3.63, 3.8) is 0 Å². The van der Waals surface area contributed by atoms with Gasteiger partial charge in [-0.2, -0.15) is 5.10 Å². The molecular formula is C27H33N7OSSi. The fraction of sp³-hybridized carbons (Fsp3) is 0.333. The fourth-order valence-corrected chi connectivity index (χ4v) is 5.68. The van der Waals surface area contributed by atoms with Crippen molar-refractivity contribution < 1.29 is 4.43 Å². The van der Waals surface area contributed by atoms with E-state index in [9.17, 15) is 0 Å². The molecule has 0 aliphatic rings. The van der Waals surface area contributed by atoms with Crippen LogP contribution in [0.4, 0.5) is 5.69 Å². The number of benzene rings is 1. The minimum absolute atomic E-state index is 0.210. The first kappa shape index (κ1) is 25.4. The maximum Gasteiger partial charge on any atom is 0.200 e. The zero-order valence-electron chi connectivity index (χ0n) is 22.2. The highest BCUT2D eigenvalue weighted by molar-refractivity contribution is 7.99. The smallest absolute Gasteiger partial charge is 0.200 e. The Balaban J connectivity index is 1.31. The monoisotopic (exact) mass is 531 g/mol. The van der Waals surface area contributed by atoms with Crippen LogP contribution in [0.25, 0.3) is 27.7 Å². The highest BCUT2D eigenvalue weighted by atomic mass is 32.2. The Bertz CT molecular complexity index is 1550. The Morgan fingerprint density at radius 2 is 1.84 bits per heavy atom. The quantitative estimate of drug-likeness (QED) is 0.187. The average Bonchev–Trinajstić information content (AvgIpc) is 3.46. The first-order valence-electron chi connectivity index (χ1n) is 12.4. The molecular weight excluding hydrogens is 498 g/mol. The summed E-state index contributed by atoms with van der Waals surface area (Å²) in [5, 5.41) is 18.6. The summed E-state index contributed by atoms with van der Waals surface area (Å²) in [6, 6.07) is 12.4. The predicted octanol–water partition coefficient (Wildman–Crippen LogP) is 6.26. The van der Waals surface area contributed by atoms with Gasteiger partial charge < -0.3 is 9.74 Å². The summed E-state index contributed by atoms with van der Waals surface area (Å²) >= 11 is 1.58. The summed E-state index contributed by atoms with van der Waals surface area (Å²) in [5.74, 6) is 0. The second-order valence-corrected chi connectivity index (χ2v) is 16.6. The SMILES string of the molecule is Cn1cc(-c2ccc3nnc(Sc4ccc5ncc(NCCO[Si](C)(C)C(C)(C)C)cc5c4)n3c2)cn1. The lowest BCUT2D eigenvalue weighted by molar-refractivity contribution is 0.301. The van der Waals surface area contributed by atoms with Crippen LogP contribution in [0, 0.1) is 0 Å². The molecule has 192 valence electrons. The molecule has 5 rings (SSSR count). The van der Waals surface area contributed by atoms with E-state index >= 15 is 0 Å². The number of hydrogen-bond donors (Lipinski definition) is 1. The number of nitrogens with one attached hydrogen (secondary N) is 1. The van der Waals surface area contributed by atoms with Gasteiger partial charge in [0.05, 0.1) is 30.2 Å². The molecule has 0 aliphatic carbocycles. The van der Waals surface area contributed by atoms with E-state index in [1.165, 1.54) is 0 Å². The van der Waals surface area contributed by atoms with E-state index in [0.717, 1.165) is 50.0 Å². The Morgan fingerprint density at radius 1 is 1.00 bits per heavy atom. The van der Waals surface area contributed by atoms with Crippen molar-refractivity contribution >= 4 is 42.3 Å². The highest BCUT2D eigenvalue weighted by Gasteiger charge is 2.36. The first-order valence-corrected chi connectivity index (χ1v) is 16.1. The molecule has 0 saturated heterocycles. The average molecular weight is 532 g/mol. The standard InChI is InChI=1S/C27H33N7OSSi/c1-27(2,3)37(5,6)35-12-11-28-22-13-20-14-23(8-9-24(20)29-16-22)36-26-32-31-25-10-7-19(18-34(25)26)21-15-30-33(4)17-21/h7-10,13-18,28H,11-12H2,1-6H3. The van der Waals surface area contributed by atoms with Crippen molar-refractivity contribution in [1.29, 1.82) is 0 Å². The summed E-state index contributed by atoms with van der Waals surface area (Å²) in [4.78, 5) is 5.72. The second-order valence-electron chi connectivity index (χ2n) is 10.7. The zero-order valence-corrected chi connectivity index (χ0v) is 24.0. The van der Waals surface area contributed by atoms with Crippen molar-refractivity contribution in [2.24, 2.45) is 7.05 Å². The molecule has 37 heavy (non-hydrogen) atoms. The molecule has 0 saturated carbocycles. The zero-order chi connectivity index (χ0) is 26.2. The molecule has 0 aliphatic heterocycles. The van der Waals surface area contributed by atoms with Crippen molar-refractivity contribution in [1.82, 2.24) is 29.4 Å². The molecule has 0 radical (unpaired) electrons. The molecule has 10 heteroatoms. The third-order valence-corrected chi connectivity index (χ3v) is 12.5. The van der Waals surface area contributed by atoms with Gasteiger partial charge in [0.15, 0.2) is 19.1 Å². The fourth-order valence-electron chi connectivity index (χ4n) is 3.77. The molecule has 0 bridgehead atoms. The molecule has 0 fully saturated rings. The first-order chi connectivity index (χ1) is 17.6. The van der Waals surface area contributed by atoms with E-state index in [2.05, 4.69) is 83.9 Å². The van der Waals surface area contributed by atoms with Crippen LogP contribution in [0.15, 0.2) is 71.2 Å². The van der Waals surface area contributed by atoms with Gasteiger partial charge in [-0.25, -0.2) is 0 Å². The van der Waals surface area contributed by atoms with Gasteiger partial charge in [0.2, 0.25) is 0 Å². The molecule has 0 atom stereocenters. The minimum Gasteiger partial charge on any atom is -0.415 e. The van der Waals surface area contributed by atoms with E-state index in [1.54, 1.807) is 16.4 Å². The molecule has 4 heterocycles. The third-order valence-electron chi connectivity index (χ3n) is 6.97. The number of hydrogen-bond acceptors (Lipinski definition) is 7. The minimum atomic E-state index is -1.74. The van der Waals surface area contributed by atoms with Crippen LogP contribution in [0.1, 0.15) is 20.8 Å². The Labute approximate surface area is 222 Å². The predicted molar refractivity (Wildman–Crippen MR) is 153 cm³/mol. The number of fused-ring (bicyclic) bond motifs is 2. The number of nitrogens with zero attached hydrogens (tertiary/aromatic N) is 6. The van der Waals surface area contributed by atoms with Gasteiger partial charge in [0, 0.05) is 47.4 Å². The molecule has 0 amide bonds. The number of aryl methyl sites for hydroxylation is 1. The molecule has 0 spiro atoms. The number of rotatable bonds is 8. The molecule has 1 N–H and O–H groups in total. The highest BCUT2D eigenvalue weighted by Crippen LogP contribution is 2.36. The van der Waals surface area contributed by atoms with Gasteiger partial charge in [0.1, 0.15) is 0 Å². The van der Waals surface area contributed by atoms with Crippen LogP contribution >= 0.6 is 11.8 Å². The van der Waals surface area contributed by atoms with Gasteiger partial charge in [0.25, 0.3) is 0 Å². The van der Waals surface area contributed by atoms with Crippen molar-refractivity contribution in [3.8, 4) is 11.1 Å². The largest absolute Gasteiger partial charge is 0.415 e. The Hall–Kier alpha value is -3.21. The summed E-state index contributed by atoms with van der Waals surface area (Å²) in [6.45, 7) is 12.8. The Morgan fingerprint density at radius 3 is 2.59 bits per heavy atom. The van der Waals surface area contributed by atoms with Crippen molar-refractivity contribution in [2.45, 2.75) is 49.0 Å². The van der Waals surface area contributed by atoms with Crippen LogP contribution in [-0.4, -0.2) is 50.8 Å². The Kier molecular flexibility index (Phi) is 6.82. The molecule has 5 aromatic rings. The summed E-state index contributed by atoms with van der Waals surface area (Å²) in [7, 11) is 0.175. The van der Waals surface area contributed by atoms with Crippen LogP contribution in [0.5, 0.6) is 0 Å². The van der Waals surface area contributed by atoms with E-state index in [1.807, 2.05) is 48.2 Å². The molecule has 0 unspecified atom stereocenters. The molecule has 4 aromatic heterocycles. The summed E-state index contributed by atoms with van der Waals surface area (Å²) in [5.41, 5.74) is 4.88. The van der Waals surface area contributed by atoms with Crippen LogP contribution in [0.2, 0.25) is 18.1 Å². The van der Waals surface area contributed by atoms with Gasteiger partial charge >= 0.3 is 0 Å². The lowest BCUT2D eigenvalue weighted by Crippen LogP contribution is -2.41. The van der Waals surface area contributed by atoms with E-state index in [4.69, 9.17) is 4.43 Å². The van der Waals surface area contributed by atoms with Crippen molar-refractivity contribution in [2.75, 3.05) is 18.5 Å². The third kappa shape index (κ3) is 5.56. The lowest BCUT2D eigenvalue weighted by Gasteiger charge is -2.36. The number of anilines is 1. The normalized spacial score (nSPS) is 12.5. The lowest BCUT2D eigenvalue weighted by atomic mass is 10.2. The van der Waals surface area contributed by atoms with E-state index < -0.39 is 8.32 Å². The second kappa shape index (κ2) is 9.92. The van der Waals surface area contributed by atoms with Gasteiger partial charge in [-0.1, -0.05) is 20.8 Å². The van der Waals surface area contributed by atoms with E-state index in [0.29, 0.717) is 6.61 Å². The van der Waals surface area contributed by atoms with Gasteiger partial charge in [-0.05, 0) is 66.3 Å². The van der Waals surface area contributed by atoms with Gasteiger partial charge in [-0.15, -0.1) is 10.2 Å². The number of pyridine rings is 2. The van der Waals surface area contributed by atoms with Crippen LogP contribution in [0.3, 0.4) is 0 Å². The van der Waals surface area contributed by atoms with Crippen molar-refractivity contribution in [3.05, 3.63) is 61.2 Å². The molecule has 8 nitrogen and oxygen atoms in total. The summed E-state index contributed by atoms with van der Waals surface area (Å²) < 4.78 is 10.1.